The van der Waals surface area contributed by atoms with E-state index in [9.17, 15) is 9.18 Å². The third-order valence-corrected chi connectivity index (χ3v) is 3.24. The third kappa shape index (κ3) is 4.63. The molecule has 5 heteroatoms. The van der Waals surface area contributed by atoms with Crippen LogP contribution in [0.3, 0.4) is 0 Å². The molecule has 2 rings (SSSR count). The molecule has 0 spiro atoms. The average Bonchev–Trinajstić information content (AvgIpc) is 2.54. The first-order valence-electron chi connectivity index (χ1n) is 7.01. The van der Waals surface area contributed by atoms with Crippen LogP contribution >= 0.6 is 0 Å². The van der Waals surface area contributed by atoms with Crippen LogP contribution in [0.4, 0.5) is 10.2 Å². The van der Waals surface area contributed by atoms with Crippen LogP contribution in [0, 0.1) is 17.7 Å². The maximum absolute atomic E-state index is 13.1. The number of benzene rings is 1. The van der Waals surface area contributed by atoms with E-state index in [4.69, 9.17) is 4.74 Å². The Morgan fingerprint density at radius 2 is 1.96 bits per heavy atom. The van der Waals surface area contributed by atoms with Gasteiger partial charge < -0.3 is 10.1 Å². The van der Waals surface area contributed by atoms with Gasteiger partial charge in [0.1, 0.15) is 17.2 Å². The molecule has 0 atom stereocenters. The number of nitrogens with one attached hydrogen (secondary N) is 1. The second-order valence-corrected chi connectivity index (χ2v) is 5.36. The van der Waals surface area contributed by atoms with E-state index in [1.165, 1.54) is 19.2 Å². The lowest BCUT2D eigenvalue weighted by molar-refractivity contribution is -0.133. The Morgan fingerprint density at radius 3 is 2.57 bits per heavy atom. The van der Waals surface area contributed by atoms with E-state index in [1.807, 2.05) is 0 Å². The highest BCUT2D eigenvalue weighted by atomic mass is 19.1. The number of halogens is 1. The van der Waals surface area contributed by atoms with Crippen molar-refractivity contribution in [1.29, 1.82) is 0 Å². The largest absolute Gasteiger partial charge is 0.369 e. The van der Waals surface area contributed by atoms with Gasteiger partial charge in [-0.3, -0.25) is 4.79 Å². The Labute approximate surface area is 134 Å². The predicted octanol–water partition coefficient (Wildman–Crippen LogP) is 2.98. The number of anilines is 1. The van der Waals surface area contributed by atoms with Crippen molar-refractivity contribution in [2.75, 3.05) is 12.4 Å². The Balaban J connectivity index is 2.07. The highest BCUT2D eigenvalue weighted by Crippen LogP contribution is 2.12. The zero-order valence-corrected chi connectivity index (χ0v) is 13.2. The normalized spacial score (nSPS) is 10.6. The van der Waals surface area contributed by atoms with Gasteiger partial charge >= 0.3 is 0 Å². The number of aromatic nitrogens is 1. The Kier molecular flexibility index (Phi) is 5.09. The van der Waals surface area contributed by atoms with Crippen molar-refractivity contribution in [3.05, 3.63) is 59.5 Å². The second kappa shape index (κ2) is 7.03. The molecule has 1 amide bonds. The number of amides is 1. The summed E-state index contributed by atoms with van der Waals surface area (Å²) in [6.45, 7) is 3.34. The summed E-state index contributed by atoms with van der Waals surface area (Å²) in [7, 11) is 1.47. The molecule has 0 aliphatic heterocycles. The molecule has 0 saturated carbocycles. The van der Waals surface area contributed by atoms with Crippen LogP contribution < -0.4 is 5.32 Å². The van der Waals surface area contributed by atoms with Crippen LogP contribution in [0.1, 0.15) is 25.0 Å². The molecular formula is C18H17FN2O2. The Morgan fingerprint density at radius 1 is 1.22 bits per heavy atom. The van der Waals surface area contributed by atoms with Gasteiger partial charge in [0.2, 0.25) is 0 Å². The summed E-state index contributed by atoms with van der Waals surface area (Å²) >= 11 is 0. The number of hydrogen-bond acceptors (Lipinski definition) is 3. The van der Waals surface area contributed by atoms with E-state index in [0.717, 1.165) is 0 Å². The molecule has 118 valence electrons. The van der Waals surface area contributed by atoms with Gasteiger partial charge in [-0.05, 0) is 44.2 Å². The standard InChI is InChI=1S/C18H17FN2O2/c1-18(2,23-3)17(22)21-16-10-9-14(12-20-16)8-7-13-5-4-6-15(19)11-13/h4-6,9-12H,1-3H3,(H,20,21,22). The number of carbonyl (C=O) groups is 1. The molecule has 0 saturated heterocycles. The number of hydrogen-bond donors (Lipinski definition) is 1. The lowest BCUT2D eigenvalue weighted by Crippen LogP contribution is -2.39. The van der Waals surface area contributed by atoms with Crippen molar-refractivity contribution in [2.45, 2.75) is 19.4 Å². The predicted molar refractivity (Wildman–Crippen MR) is 86.3 cm³/mol. The fraction of sp³-hybridized carbons (Fsp3) is 0.222. The van der Waals surface area contributed by atoms with Crippen molar-refractivity contribution in [3.63, 3.8) is 0 Å². The van der Waals surface area contributed by atoms with Crippen LogP contribution in [-0.2, 0) is 9.53 Å². The fourth-order valence-corrected chi connectivity index (χ4v) is 1.61. The zero-order chi connectivity index (χ0) is 16.9. The minimum Gasteiger partial charge on any atom is -0.369 e. The van der Waals surface area contributed by atoms with Crippen molar-refractivity contribution in [2.24, 2.45) is 0 Å². The number of carbonyl (C=O) groups excluding carboxylic acids is 1. The molecule has 0 fully saturated rings. The summed E-state index contributed by atoms with van der Waals surface area (Å²) in [6.07, 6.45) is 1.54. The van der Waals surface area contributed by atoms with Gasteiger partial charge in [-0.25, -0.2) is 9.37 Å². The lowest BCUT2D eigenvalue weighted by atomic mass is 10.1. The van der Waals surface area contributed by atoms with Gasteiger partial charge in [0, 0.05) is 24.4 Å². The fourth-order valence-electron chi connectivity index (χ4n) is 1.61. The van der Waals surface area contributed by atoms with Crippen molar-refractivity contribution < 1.29 is 13.9 Å². The van der Waals surface area contributed by atoms with Gasteiger partial charge in [0.25, 0.3) is 5.91 Å². The van der Waals surface area contributed by atoms with Crippen molar-refractivity contribution in [3.8, 4) is 11.8 Å². The molecule has 1 N–H and O–H groups in total. The van der Waals surface area contributed by atoms with E-state index in [0.29, 0.717) is 16.9 Å². The summed E-state index contributed by atoms with van der Waals surface area (Å²) in [5.74, 6) is 5.55. The average molecular weight is 312 g/mol. The molecule has 0 bridgehead atoms. The van der Waals surface area contributed by atoms with Crippen LogP contribution in [0.5, 0.6) is 0 Å². The molecule has 4 nitrogen and oxygen atoms in total. The Bertz CT molecular complexity index is 759. The van der Waals surface area contributed by atoms with Crippen LogP contribution in [0.2, 0.25) is 0 Å². The minimum atomic E-state index is -0.933. The smallest absolute Gasteiger partial charge is 0.257 e. The number of nitrogens with zero attached hydrogens (tertiary/aromatic N) is 1. The van der Waals surface area contributed by atoms with E-state index in [1.54, 1.807) is 44.3 Å². The van der Waals surface area contributed by atoms with Gasteiger partial charge in [-0.15, -0.1) is 0 Å². The topological polar surface area (TPSA) is 51.2 Å². The van der Waals surface area contributed by atoms with E-state index in [2.05, 4.69) is 22.1 Å². The van der Waals surface area contributed by atoms with Gasteiger partial charge in [-0.2, -0.15) is 0 Å². The highest BCUT2D eigenvalue weighted by molar-refractivity contribution is 5.95. The van der Waals surface area contributed by atoms with Crippen LogP contribution in [0.25, 0.3) is 0 Å². The lowest BCUT2D eigenvalue weighted by Gasteiger charge is -2.21. The molecule has 0 unspecified atom stereocenters. The summed E-state index contributed by atoms with van der Waals surface area (Å²) in [6, 6.07) is 9.44. The minimum absolute atomic E-state index is 0.286. The molecule has 23 heavy (non-hydrogen) atoms. The SMILES string of the molecule is COC(C)(C)C(=O)Nc1ccc(C#Cc2cccc(F)c2)cn1. The molecule has 2 aromatic rings. The van der Waals surface area contributed by atoms with E-state index >= 15 is 0 Å². The summed E-state index contributed by atoms with van der Waals surface area (Å²) in [4.78, 5) is 16.1. The van der Waals surface area contributed by atoms with Crippen molar-refractivity contribution in [1.82, 2.24) is 4.98 Å². The first kappa shape index (κ1) is 16.7. The summed E-state index contributed by atoms with van der Waals surface area (Å²) in [5, 5.41) is 2.67. The van der Waals surface area contributed by atoms with E-state index < -0.39 is 5.60 Å². The second-order valence-electron chi connectivity index (χ2n) is 5.36. The molecule has 1 heterocycles. The Hall–Kier alpha value is -2.71. The number of ether oxygens (including phenoxy) is 1. The van der Waals surface area contributed by atoms with E-state index in [-0.39, 0.29) is 11.7 Å². The molecule has 0 aliphatic rings. The van der Waals surface area contributed by atoms with Crippen LogP contribution in [-0.4, -0.2) is 23.6 Å². The summed E-state index contributed by atoms with van der Waals surface area (Å²) in [5.41, 5.74) is 0.319. The highest BCUT2D eigenvalue weighted by Gasteiger charge is 2.27. The third-order valence-electron chi connectivity index (χ3n) is 3.24. The molecule has 1 aromatic heterocycles. The van der Waals surface area contributed by atoms with Crippen LogP contribution in [0.15, 0.2) is 42.6 Å². The molecule has 0 aliphatic carbocycles. The van der Waals surface area contributed by atoms with Gasteiger partial charge in [0.05, 0.1) is 0 Å². The first-order chi connectivity index (χ1) is 10.9. The maximum atomic E-state index is 13.1. The first-order valence-corrected chi connectivity index (χ1v) is 7.01. The molecule has 0 radical (unpaired) electrons. The number of methoxy groups -OCH3 is 1. The maximum Gasteiger partial charge on any atom is 0.257 e. The number of pyridine rings is 1. The quantitative estimate of drug-likeness (QED) is 0.887. The molecular weight excluding hydrogens is 295 g/mol. The summed E-state index contributed by atoms with van der Waals surface area (Å²) < 4.78 is 18.2. The molecule has 1 aromatic carbocycles. The van der Waals surface area contributed by atoms with Gasteiger partial charge in [-0.1, -0.05) is 17.9 Å². The zero-order valence-electron chi connectivity index (χ0n) is 13.2. The van der Waals surface area contributed by atoms with Gasteiger partial charge in [0.15, 0.2) is 0 Å². The monoisotopic (exact) mass is 312 g/mol. The van der Waals surface area contributed by atoms with Crippen molar-refractivity contribution >= 4 is 11.7 Å². The number of rotatable bonds is 3.